The first-order chi connectivity index (χ1) is 9.89. The van der Waals surface area contributed by atoms with Gasteiger partial charge in [0.25, 0.3) is 0 Å². The fraction of sp³-hybridized carbons (Fsp3) is 0.600. The molecule has 116 valence electrons. The van der Waals surface area contributed by atoms with Gasteiger partial charge >= 0.3 is 6.09 Å². The third-order valence-corrected chi connectivity index (χ3v) is 3.18. The zero-order valence-electron chi connectivity index (χ0n) is 12.8. The Balaban J connectivity index is 1.92. The topological polar surface area (TPSA) is 77.7 Å². The van der Waals surface area contributed by atoms with Crippen molar-refractivity contribution in [3.8, 4) is 5.75 Å². The van der Waals surface area contributed by atoms with Crippen LogP contribution < -0.4 is 10.5 Å². The Morgan fingerprint density at radius 2 is 2.29 bits per heavy atom. The van der Waals surface area contributed by atoms with Crippen molar-refractivity contribution >= 4 is 6.09 Å². The molecule has 1 aliphatic heterocycles. The Bertz CT molecular complexity index is 499. The lowest BCUT2D eigenvalue weighted by atomic mass is 10.2. The molecule has 0 bridgehead atoms. The Labute approximate surface area is 125 Å². The van der Waals surface area contributed by atoms with Gasteiger partial charge in [0, 0.05) is 31.3 Å². The molecule has 0 unspecified atom stereocenters. The van der Waals surface area contributed by atoms with E-state index in [0.717, 1.165) is 12.0 Å². The normalized spacial score (nSPS) is 18.7. The number of amides is 1. The number of ether oxygens (including phenoxy) is 2. The van der Waals surface area contributed by atoms with E-state index in [2.05, 4.69) is 4.98 Å². The van der Waals surface area contributed by atoms with Gasteiger partial charge in [0.1, 0.15) is 17.5 Å². The summed E-state index contributed by atoms with van der Waals surface area (Å²) in [5.41, 5.74) is 6.11. The van der Waals surface area contributed by atoms with Crippen LogP contribution in [0.3, 0.4) is 0 Å². The third-order valence-electron chi connectivity index (χ3n) is 3.18. The second kappa shape index (κ2) is 6.30. The fourth-order valence-corrected chi connectivity index (χ4v) is 2.18. The summed E-state index contributed by atoms with van der Waals surface area (Å²) in [5, 5.41) is 0. The molecule has 0 spiro atoms. The van der Waals surface area contributed by atoms with Crippen molar-refractivity contribution in [3.63, 3.8) is 0 Å². The van der Waals surface area contributed by atoms with E-state index >= 15 is 0 Å². The lowest BCUT2D eigenvalue weighted by molar-refractivity contribution is 0.0275. The first-order valence-corrected chi connectivity index (χ1v) is 7.16. The Kier molecular flexibility index (Phi) is 4.67. The summed E-state index contributed by atoms with van der Waals surface area (Å²) in [6.07, 6.45) is 3.79. The summed E-state index contributed by atoms with van der Waals surface area (Å²) >= 11 is 0. The molecule has 1 saturated heterocycles. The molecule has 6 heteroatoms. The molecule has 1 aromatic heterocycles. The highest BCUT2D eigenvalue weighted by Gasteiger charge is 2.31. The van der Waals surface area contributed by atoms with Crippen molar-refractivity contribution in [3.05, 3.63) is 24.0 Å². The number of nitrogens with zero attached hydrogens (tertiary/aromatic N) is 2. The standard InChI is InChI=1S/C15H23N3O3/c1-15(2,3)21-14(19)18-7-5-12(10-18)20-13-9-17-6-4-11(13)8-16/h4,6,9,12H,5,7-8,10,16H2,1-3H3/t12-/m0/s1. The van der Waals surface area contributed by atoms with Crippen molar-refractivity contribution in [1.29, 1.82) is 0 Å². The molecular formula is C15H23N3O3. The smallest absolute Gasteiger partial charge is 0.410 e. The van der Waals surface area contributed by atoms with E-state index in [-0.39, 0.29) is 12.2 Å². The minimum atomic E-state index is -0.480. The van der Waals surface area contributed by atoms with Gasteiger partial charge in [-0.2, -0.15) is 0 Å². The average Bonchev–Trinajstić information content (AvgIpc) is 2.86. The molecule has 1 amide bonds. The number of hydrogen-bond acceptors (Lipinski definition) is 5. The minimum Gasteiger partial charge on any atom is -0.487 e. The van der Waals surface area contributed by atoms with Crippen molar-refractivity contribution in [2.45, 2.75) is 45.4 Å². The summed E-state index contributed by atoms with van der Waals surface area (Å²) in [6, 6.07) is 1.84. The Morgan fingerprint density at radius 3 is 2.95 bits per heavy atom. The zero-order chi connectivity index (χ0) is 15.5. The largest absolute Gasteiger partial charge is 0.487 e. The van der Waals surface area contributed by atoms with Crippen LogP contribution in [0.4, 0.5) is 4.79 Å². The van der Waals surface area contributed by atoms with Crippen LogP contribution in [-0.2, 0) is 11.3 Å². The molecule has 1 aromatic rings. The molecule has 2 rings (SSSR count). The summed E-state index contributed by atoms with van der Waals surface area (Å²) in [5.74, 6) is 0.691. The molecule has 1 atom stereocenters. The van der Waals surface area contributed by atoms with E-state index < -0.39 is 5.60 Å². The zero-order valence-corrected chi connectivity index (χ0v) is 12.8. The predicted octanol–water partition coefficient (Wildman–Crippen LogP) is 1.93. The SMILES string of the molecule is CC(C)(C)OC(=O)N1CC[C@H](Oc2cnccc2CN)C1. The molecule has 0 aliphatic carbocycles. The van der Waals surface area contributed by atoms with E-state index in [0.29, 0.717) is 25.4 Å². The van der Waals surface area contributed by atoms with Crippen LogP contribution in [0, 0.1) is 0 Å². The van der Waals surface area contributed by atoms with E-state index in [1.165, 1.54) is 0 Å². The number of likely N-dealkylation sites (tertiary alicyclic amines) is 1. The molecule has 2 heterocycles. The molecular weight excluding hydrogens is 270 g/mol. The molecule has 0 aromatic carbocycles. The number of aromatic nitrogens is 1. The maximum atomic E-state index is 12.0. The summed E-state index contributed by atoms with van der Waals surface area (Å²) in [6.45, 7) is 7.14. The van der Waals surface area contributed by atoms with Crippen LogP contribution in [0.2, 0.25) is 0 Å². The molecule has 2 N–H and O–H groups in total. The lowest BCUT2D eigenvalue weighted by Gasteiger charge is -2.24. The van der Waals surface area contributed by atoms with Gasteiger partial charge in [0.15, 0.2) is 0 Å². The number of pyridine rings is 1. The first kappa shape index (κ1) is 15.6. The first-order valence-electron chi connectivity index (χ1n) is 7.16. The van der Waals surface area contributed by atoms with Gasteiger partial charge in [-0.3, -0.25) is 4.98 Å². The number of rotatable bonds is 3. The summed E-state index contributed by atoms with van der Waals surface area (Å²) in [7, 11) is 0. The molecule has 1 fully saturated rings. The number of hydrogen-bond donors (Lipinski definition) is 1. The molecule has 0 radical (unpaired) electrons. The van der Waals surface area contributed by atoms with Gasteiger partial charge in [-0.15, -0.1) is 0 Å². The maximum absolute atomic E-state index is 12.0. The van der Waals surface area contributed by atoms with E-state index in [1.807, 2.05) is 26.8 Å². The van der Waals surface area contributed by atoms with Crippen LogP contribution in [0.15, 0.2) is 18.5 Å². The quantitative estimate of drug-likeness (QED) is 0.921. The van der Waals surface area contributed by atoms with Gasteiger partial charge in [-0.05, 0) is 26.8 Å². The van der Waals surface area contributed by atoms with Crippen LogP contribution in [0.5, 0.6) is 5.75 Å². The van der Waals surface area contributed by atoms with Crippen molar-refractivity contribution in [2.24, 2.45) is 5.73 Å². The highest BCUT2D eigenvalue weighted by Crippen LogP contribution is 2.22. The van der Waals surface area contributed by atoms with Crippen LogP contribution >= 0.6 is 0 Å². The van der Waals surface area contributed by atoms with E-state index in [1.54, 1.807) is 17.3 Å². The molecule has 21 heavy (non-hydrogen) atoms. The van der Waals surface area contributed by atoms with E-state index in [4.69, 9.17) is 15.2 Å². The van der Waals surface area contributed by atoms with Gasteiger partial charge in [0.2, 0.25) is 0 Å². The Hall–Kier alpha value is -1.82. The van der Waals surface area contributed by atoms with Crippen molar-refractivity contribution in [1.82, 2.24) is 9.88 Å². The summed E-state index contributed by atoms with van der Waals surface area (Å²) in [4.78, 5) is 17.7. The fourth-order valence-electron chi connectivity index (χ4n) is 2.18. The second-order valence-electron chi connectivity index (χ2n) is 6.14. The van der Waals surface area contributed by atoms with Gasteiger partial charge < -0.3 is 20.1 Å². The van der Waals surface area contributed by atoms with Crippen LogP contribution in [0.25, 0.3) is 0 Å². The molecule has 0 saturated carbocycles. The van der Waals surface area contributed by atoms with E-state index in [9.17, 15) is 4.79 Å². The minimum absolute atomic E-state index is 0.0491. The highest BCUT2D eigenvalue weighted by molar-refractivity contribution is 5.68. The van der Waals surface area contributed by atoms with Gasteiger partial charge in [-0.25, -0.2) is 4.79 Å². The highest BCUT2D eigenvalue weighted by atomic mass is 16.6. The molecule has 1 aliphatic rings. The predicted molar refractivity (Wildman–Crippen MR) is 79.0 cm³/mol. The molecule has 6 nitrogen and oxygen atoms in total. The summed E-state index contributed by atoms with van der Waals surface area (Å²) < 4.78 is 11.3. The van der Waals surface area contributed by atoms with Crippen molar-refractivity contribution in [2.75, 3.05) is 13.1 Å². The second-order valence-corrected chi connectivity index (χ2v) is 6.14. The van der Waals surface area contributed by atoms with Crippen LogP contribution in [-0.4, -0.2) is 40.8 Å². The number of carbonyl (C=O) groups excluding carboxylic acids is 1. The number of carbonyl (C=O) groups is 1. The lowest BCUT2D eigenvalue weighted by Crippen LogP contribution is -2.36. The number of nitrogens with two attached hydrogens (primary N) is 1. The maximum Gasteiger partial charge on any atom is 0.410 e. The average molecular weight is 293 g/mol. The van der Waals surface area contributed by atoms with Crippen molar-refractivity contribution < 1.29 is 14.3 Å². The Morgan fingerprint density at radius 1 is 1.52 bits per heavy atom. The van der Waals surface area contributed by atoms with Gasteiger partial charge in [-0.1, -0.05) is 0 Å². The third kappa shape index (κ3) is 4.32. The monoisotopic (exact) mass is 293 g/mol. The van der Waals surface area contributed by atoms with Crippen LogP contribution in [0.1, 0.15) is 32.8 Å². The van der Waals surface area contributed by atoms with Gasteiger partial charge in [0.05, 0.1) is 12.7 Å².